The quantitative estimate of drug-likeness (QED) is 0.578. The largest absolute Gasteiger partial charge is 0.347 e. The molecule has 0 aromatic rings. The molecule has 1 aliphatic rings. The van der Waals surface area contributed by atoms with Crippen molar-refractivity contribution < 1.29 is 18.0 Å². The van der Waals surface area contributed by atoms with Crippen LogP contribution in [0.5, 0.6) is 0 Å². The molecule has 8 heteroatoms. The van der Waals surface area contributed by atoms with Gasteiger partial charge in [-0.05, 0) is 0 Å². The Morgan fingerprint density at radius 1 is 1.28 bits per heavy atom. The lowest BCUT2D eigenvalue weighted by molar-refractivity contribution is -0.146. The van der Waals surface area contributed by atoms with E-state index < -0.39 is 21.7 Å². The number of nitrogens with one attached hydrogen (secondary N) is 2. The van der Waals surface area contributed by atoms with Crippen LogP contribution in [-0.4, -0.2) is 69.4 Å². The molecule has 0 aromatic heterocycles. The Hall–Kier alpha value is -1.15. The average Bonchev–Trinajstić information content (AvgIpc) is 2.38. The van der Waals surface area contributed by atoms with Crippen molar-refractivity contribution in [2.24, 2.45) is 0 Å². The molecule has 1 fully saturated rings. The predicted molar refractivity (Wildman–Crippen MR) is 66.8 cm³/mol. The van der Waals surface area contributed by atoms with E-state index in [0.717, 1.165) is 0 Å². The van der Waals surface area contributed by atoms with E-state index in [1.54, 1.807) is 6.92 Å². The van der Waals surface area contributed by atoms with Gasteiger partial charge in [-0.2, -0.15) is 0 Å². The zero-order chi connectivity index (χ0) is 13.6. The highest BCUT2D eigenvalue weighted by molar-refractivity contribution is 7.91. The Kier molecular flexibility index (Phi) is 5.54. The fourth-order valence-corrected chi connectivity index (χ4v) is 2.25. The van der Waals surface area contributed by atoms with Gasteiger partial charge in [0.15, 0.2) is 9.84 Å². The van der Waals surface area contributed by atoms with Gasteiger partial charge in [0.1, 0.15) is 0 Å². The molecule has 2 amide bonds. The molecule has 1 rings (SSSR count). The van der Waals surface area contributed by atoms with Gasteiger partial charge >= 0.3 is 11.8 Å². The highest BCUT2D eigenvalue weighted by atomic mass is 32.2. The fourth-order valence-electron chi connectivity index (χ4n) is 1.55. The second-order valence-electron chi connectivity index (χ2n) is 4.03. The summed E-state index contributed by atoms with van der Waals surface area (Å²) in [5, 5.41) is 5.41. The minimum atomic E-state index is -3.12. The second-order valence-corrected chi connectivity index (χ2v) is 6.51. The summed E-state index contributed by atoms with van der Waals surface area (Å²) in [5.74, 6) is -1.42. The molecule has 7 nitrogen and oxygen atoms in total. The van der Waals surface area contributed by atoms with Crippen LogP contribution < -0.4 is 10.6 Å². The molecular weight excluding hydrogens is 258 g/mol. The summed E-state index contributed by atoms with van der Waals surface area (Å²) in [7, 11) is -3.12. The van der Waals surface area contributed by atoms with Crippen LogP contribution in [0.2, 0.25) is 0 Å². The molecule has 1 saturated heterocycles. The standard InChI is InChI=1S/C10H19N3O4S/c1-2-18(16,17)8-5-12-9(14)10(15)13-6-3-11-4-7-13/h11H,2-8H2,1H3,(H,12,14). The first-order chi connectivity index (χ1) is 8.46. The topological polar surface area (TPSA) is 95.6 Å². The SMILES string of the molecule is CCS(=O)(=O)CCNC(=O)C(=O)N1CCNCC1. The van der Waals surface area contributed by atoms with E-state index >= 15 is 0 Å². The van der Waals surface area contributed by atoms with Gasteiger partial charge in [0.05, 0.1) is 5.75 Å². The van der Waals surface area contributed by atoms with Crippen LogP contribution in [-0.2, 0) is 19.4 Å². The molecule has 2 N–H and O–H groups in total. The summed E-state index contributed by atoms with van der Waals surface area (Å²) >= 11 is 0. The zero-order valence-corrected chi connectivity index (χ0v) is 11.3. The van der Waals surface area contributed by atoms with Crippen LogP contribution in [0.1, 0.15) is 6.92 Å². The van der Waals surface area contributed by atoms with Gasteiger partial charge in [-0.1, -0.05) is 6.92 Å². The van der Waals surface area contributed by atoms with E-state index in [0.29, 0.717) is 26.2 Å². The third-order valence-electron chi connectivity index (χ3n) is 2.74. The number of hydrogen-bond acceptors (Lipinski definition) is 5. The van der Waals surface area contributed by atoms with Crippen LogP contribution >= 0.6 is 0 Å². The molecule has 18 heavy (non-hydrogen) atoms. The zero-order valence-electron chi connectivity index (χ0n) is 10.4. The van der Waals surface area contributed by atoms with Gasteiger partial charge in [0, 0.05) is 38.5 Å². The number of rotatable bonds is 4. The minimum Gasteiger partial charge on any atom is -0.347 e. The molecule has 0 aromatic carbocycles. The maximum atomic E-state index is 11.7. The van der Waals surface area contributed by atoms with E-state index in [-0.39, 0.29) is 18.1 Å². The highest BCUT2D eigenvalue weighted by Crippen LogP contribution is 1.93. The summed E-state index contributed by atoms with van der Waals surface area (Å²) in [6.45, 7) is 3.86. The number of carbonyl (C=O) groups is 2. The highest BCUT2D eigenvalue weighted by Gasteiger charge is 2.23. The molecule has 0 atom stereocenters. The molecule has 0 bridgehead atoms. The Bertz CT molecular complexity index is 401. The molecule has 0 radical (unpaired) electrons. The number of nitrogens with zero attached hydrogens (tertiary/aromatic N) is 1. The molecule has 0 aliphatic carbocycles. The lowest BCUT2D eigenvalue weighted by atomic mass is 10.3. The second kappa shape index (κ2) is 6.69. The summed E-state index contributed by atoms with van der Waals surface area (Å²) in [5.41, 5.74) is 0. The summed E-state index contributed by atoms with van der Waals surface area (Å²) in [6.07, 6.45) is 0. The molecular formula is C10H19N3O4S. The molecule has 1 heterocycles. The van der Waals surface area contributed by atoms with Crippen molar-refractivity contribution in [3.63, 3.8) is 0 Å². The van der Waals surface area contributed by atoms with Crippen molar-refractivity contribution in [1.82, 2.24) is 15.5 Å². The summed E-state index contributed by atoms with van der Waals surface area (Å²) in [4.78, 5) is 24.6. The maximum Gasteiger partial charge on any atom is 0.311 e. The van der Waals surface area contributed by atoms with Gasteiger partial charge in [0.25, 0.3) is 0 Å². The monoisotopic (exact) mass is 277 g/mol. The van der Waals surface area contributed by atoms with Crippen LogP contribution in [0.25, 0.3) is 0 Å². The van der Waals surface area contributed by atoms with E-state index in [9.17, 15) is 18.0 Å². The van der Waals surface area contributed by atoms with E-state index in [1.165, 1.54) is 4.90 Å². The predicted octanol–water partition coefficient (Wildman–Crippen LogP) is -2.03. The van der Waals surface area contributed by atoms with Crippen LogP contribution in [0.4, 0.5) is 0 Å². The third kappa shape index (κ3) is 4.61. The molecule has 104 valence electrons. The molecule has 0 saturated carbocycles. The lowest BCUT2D eigenvalue weighted by Gasteiger charge is -2.26. The Labute approximate surface area is 107 Å². The fraction of sp³-hybridized carbons (Fsp3) is 0.800. The van der Waals surface area contributed by atoms with Crippen molar-refractivity contribution in [2.45, 2.75) is 6.92 Å². The first kappa shape index (κ1) is 14.9. The van der Waals surface area contributed by atoms with Crippen LogP contribution in [0, 0.1) is 0 Å². The summed E-state index contributed by atoms with van der Waals surface area (Å²) in [6, 6.07) is 0. The first-order valence-electron chi connectivity index (χ1n) is 5.94. The van der Waals surface area contributed by atoms with Crippen LogP contribution in [0.3, 0.4) is 0 Å². The van der Waals surface area contributed by atoms with Crippen molar-refractivity contribution >= 4 is 21.7 Å². The Balaban J connectivity index is 2.34. The Morgan fingerprint density at radius 3 is 2.44 bits per heavy atom. The lowest BCUT2D eigenvalue weighted by Crippen LogP contribution is -2.51. The maximum absolute atomic E-state index is 11.7. The summed E-state index contributed by atoms with van der Waals surface area (Å²) < 4.78 is 22.4. The van der Waals surface area contributed by atoms with E-state index in [4.69, 9.17) is 0 Å². The first-order valence-corrected chi connectivity index (χ1v) is 7.76. The van der Waals surface area contributed by atoms with Crippen molar-refractivity contribution in [3.05, 3.63) is 0 Å². The molecule has 0 spiro atoms. The van der Waals surface area contributed by atoms with Gasteiger partial charge in [-0.3, -0.25) is 9.59 Å². The minimum absolute atomic E-state index is 0.0210. The number of sulfone groups is 1. The molecule has 0 unspecified atom stereocenters. The van der Waals surface area contributed by atoms with E-state index in [2.05, 4.69) is 10.6 Å². The van der Waals surface area contributed by atoms with Crippen molar-refractivity contribution in [3.8, 4) is 0 Å². The number of amides is 2. The van der Waals surface area contributed by atoms with Crippen molar-refractivity contribution in [2.75, 3.05) is 44.2 Å². The number of carbonyl (C=O) groups excluding carboxylic acids is 2. The third-order valence-corrected chi connectivity index (χ3v) is 4.44. The van der Waals surface area contributed by atoms with Gasteiger partial charge < -0.3 is 15.5 Å². The molecule has 1 aliphatic heterocycles. The van der Waals surface area contributed by atoms with E-state index in [1.807, 2.05) is 0 Å². The Morgan fingerprint density at radius 2 is 1.89 bits per heavy atom. The smallest absolute Gasteiger partial charge is 0.311 e. The average molecular weight is 277 g/mol. The number of hydrogen-bond donors (Lipinski definition) is 2. The number of piperazine rings is 1. The van der Waals surface area contributed by atoms with Gasteiger partial charge in [-0.15, -0.1) is 0 Å². The normalized spacial score (nSPS) is 16.4. The van der Waals surface area contributed by atoms with Crippen LogP contribution in [0.15, 0.2) is 0 Å². The van der Waals surface area contributed by atoms with Crippen molar-refractivity contribution in [1.29, 1.82) is 0 Å². The van der Waals surface area contributed by atoms with Gasteiger partial charge in [-0.25, -0.2) is 8.42 Å². The van der Waals surface area contributed by atoms with Gasteiger partial charge in [0.2, 0.25) is 0 Å².